The maximum Gasteiger partial charge on any atom is 0.334 e. The van der Waals surface area contributed by atoms with Crippen LogP contribution >= 0.6 is 0 Å². The molecule has 7 aliphatic rings. The van der Waals surface area contributed by atoms with Crippen LogP contribution in [-0.2, 0) is 44.0 Å². The Morgan fingerprint density at radius 3 is 2.50 bits per heavy atom. The van der Waals surface area contributed by atoms with E-state index in [1.165, 1.54) is 6.07 Å². The molecule has 3 heterocycles. The number of ether oxygens (including phenoxy) is 2. The number of ketones is 1. The summed E-state index contributed by atoms with van der Waals surface area (Å²) in [5.41, 5.74) is 2.78. The van der Waals surface area contributed by atoms with E-state index >= 15 is 4.79 Å². The third kappa shape index (κ3) is 8.16. The Kier molecular flexibility index (Phi) is 12.2. The van der Waals surface area contributed by atoms with Crippen LogP contribution in [0.1, 0.15) is 136 Å². The summed E-state index contributed by atoms with van der Waals surface area (Å²) in [4.78, 5) is 43.1. The van der Waals surface area contributed by atoms with E-state index in [0.717, 1.165) is 56.1 Å². The summed E-state index contributed by atoms with van der Waals surface area (Å²) in [6, 6.07) is 17.1. The highest BCUT2D eigenvalue weighted by Gasteiger charge is 2.62. The lowest BCUT2D eigenvalue weighted by molar-refractivity contribution is -0.228. The number of phenolic OH excluding ortho intramolecular Hbond substituents is 1. The molecule has 4 saturated carbocycles. The second-order valence-corrected chi connectivity index (χ2v) is 20.8. The zero-order valence-corrected chi connectivity index (χ0v) is 37.8. The fourth-order valence-corrected chi connectivity index (χ4v) is 13.7. The Bertz CT molecular complexity index is 2490. The number of aliphatic hydroxyl groups is 4. The zero-order valence-electron chi connectivity index (χ0n) is 37.8. The summed E-state index contributed by atoms with van der Waals surface area (Å²) in [6.45, 7) is 1.64. The molecule has 1 spiro atoms. The average Bonchev–Trinajstić information content (AvgIpc) is 3.81. The summed E-state index contributed by atoms with van der Waals surface area (Å²) in [5.74, 6) is 3.46. The maximum absolute atomic E-state index is 15.6. The van der Waals surface area contributed by atoms with Gasteiger partial charge in [0.25, 0.3) is 0 Å². The second-order valence-electron chi connectivity index (χ2n) is 20.8. The van der Waals surface area contributed by atoms with E-state index < -0.39 is 53.1 Å². The Morgan fingerprint density at radius 1 is 0.894 bits per heavy atom. The predicted octanol–water partition coefficient (Wildman–Crippen LogP) is 7.22. The summed E-state index contributed by atoms with van der Waals surface area (Å²) >= 11 is 0. The van der Waals surface area contributed by atoms with Gasteiger partial charge in [-0.2, -0.15) is 0 Å². The highest BCUT2D eigenvalue weighted by atomic mass is 16.6. The number of aromatic hydroxyl groups is 1. The average molecular weight is 898 g/mol. The van der Waals surface area contributed by atoms with E-state index in [-0.39, 0.29) is 84.9 Å². The van der Waals surface area contributed by atoms with Gasteiger partial charge in [-0.3, -0.25) is 9.59 Å². The fraction of sp³-hybridized carbons (Fsp3) is 0.545. The number of fused-ring (bicyclic) bond motifs is 10. The van der Waals surface area contributed by atoms with Crippen molar-refractivity contribution in [3.8, 4) is 23.3 Å². The lowest BCUT2D eigenvalue weighted by atomic mass is 9.48. The van der Waals surface area contributed by atoms with Gasteiger partial charge in [0.15, 0.2) is 0 Å². The number of esters is 2. The normalized spacial score (nSPS) is 33.7. The first kappa shape index (κ1) is 44.8. The number of nitrogens with one attached hydrogen (secondary N) is 1. The van der Waals surface area contributed by atoms with E-state index in [2.05, 4.69) is 35.4 Å². The molecule has 0 unspecified atom stereocenters. The topological polar surface area (TPSA) is 183 Å². The molecule has 3 aromatic rings. The van der Waals surface area contributed by atoms with Gasteiger partial charge >= 0.3 is 11.9 Å². The first-order chi connectivity index (χ1) is 31.8. The highest BCUT2D eigenvalue weighted by Crippen LogP contribution is 2.59. The van der Waals surface area contributed by atoms with Crippen molar-refractivity contribution < 1.29 is 49.4 Å². The molecule has 4 aliphatic carbocycles. The van der Waals surface area contributed by atoms with Gasteiger partial charge in [0, 0.05) is 59.5 Å². The molecular weight excluding hydrogens is 835 g/mol. The molecule has 10 rings (SSSR count). The number of carbonyl (C=O) groups excluding carboxylic acids is 3. The van der Waals surface area contributed by atoms with Crippen molar-refractivity contribution in [2.24, 2.45) is 29.6 Å². The number of benzene rings is 3. The van der Waals surface area contributed by atoms with Gasteiger partial charge in [0.1, 0.15) is 29.0 Å². The summed E-state index contributed by atoms with van der Waals surface area (Å²) < 4.78 is 12.6. The Morgan fingerprint density at radius 2 is 1.70 bits per heavy atom. The first-order valence-electron chi connectivity index (χ1n) is 24.5. The molecule has 0 radical (unpaired) electrons. The molecular formula is C55H63NO10. The van der Waals surface area contributed by atoms with Crippen molar-refractivity contribution >= 4 is 23.4 Å². The molecule has 0 amide bonds. The number of aliphatic hydroxyl groups excluding tert-OH is 3. The summed E-state index contributed by atoms with van der Waals surface area (Å²) in [6.07, 6.45) is 7.37. The molecule has 66 heavy (non-hydrogen) atoms. The van der Waals surface area contributed by atoms with E-state index in [9.17, 15) is 35.1 Å². The number of phenols is 1. The summed E-state index contributed by atoms with van der Waals surface area (Å²) in [7, 11) is 0. The monoisotopic (exact) mass is 897 g/mol. The molecule has 11 nitrogen and oxygen atoms in total. The summed E-state index contributed by atoms with van der Waals surface area (Å²) in [5, 5.41) is 62.5. The van der Waals surface area contributed by atoms with E-state index in [0.29, 0.717) is 60.0 Å². The van der Waals surface area contributed by atoms with E-state index in [1.807, 2.05) is 18.2 Å². The van der Waals surface area contributed by atoms with Gasteiger partial charge in [-0.25, -0.2) is 4.79 Å². The van der Waals surface area contributed by atoms with Crippen molar-refractivity contribution in [1.29, 1.82) is 0 Å². The Labute approximate surface area is 387 Å². The lowest BCUT2D eigenvalue weighted by Crippen LogP contribution is -2.65. The largest absolute Gasteiger partial charge is 0.508 e. The Balaban J connectivity index is 1.21. The quantitative estimate of drug-likeness (QED) is 0.0864. The smallest absolute Gasteiger partial charge is 0.334 e. The predicted molar refractivity (Wildman–Crippen MR) is 246 cm³/mol. The van der Waals surface area contributed by atoms with Gasteiger partial charge in [0.05, 0.1) is 31.2 Å². The van der Waals surface area contributed by atoms with Crippen molar-refractivity contribution in [3.63, 3.8) is 0 Å². The van der Waals surface area contributed by atoms with E-state index in [1.54, 1.807) is 25.1 Å². The molecule has 0 aromatic heterocycles. The zero-order chi connectivity index (χ0) is 45.9. The fourth-order valence-electron chi connectivity index (χ4n) is 13.7. The highest BCUT2D eigenvalue weighted by molar-refractivity contribution is 5.89. The number of hydrogen-bond acceptors (Lipinski definition) is 11. The van der Waals surface area contributed by atoms with Crippen LogP contribution < -0.4 is 10.1 Å². The van der Waals surface area contributed by atoms with Crippen LogP contribution in [0.3, 0.4) is 0 Å². The molecule has 348 valence electrons. The van der Waals surface area contributed by atoms with Gasteiger partial charge in [-0.1, -0.05) is 74.3 Å². The van der Waals surface area contributed by atoms with Crippen LogP contribution in [0.4, 0.5) is 5.69 Å². The van der Waals surface area contributed by atoms with Gasteiger partial charge in [-0.05, 0) is 128 Å². The van der Waals surface area contributed by atoms with Crippen molar-refractivity contribution in [1.82, 2.24) is 0 Å². The van der Waals surface area contributed by atoms with Crippen LogP contribution in [0.15, 0.2) is 66.2 Å². The minimum Gasteiger partial charge on any atom is -0.508 e. The SMILES string of the molecule is C[C@H](O)CNc1cc(CO)cc([C@@H]2C#C[C@H]3CC(=O)Oc4cc(O)c(cc43)C[C@H]3OC(=O)/C(=C\[C@H](O)C4(CCCC4)c4cccc(c4)C[C@@H]4C(=O)CC[C@@H]5[C@@H]4C[C@H]4CCCC[C@@H]4[C@]53O)C2)c1. The number of rotatable bonds is 5. The molecule has 11 heteroatoms. The number of carbonyl (C=O) groups is 3. The van der Waals surface area contributed by atoms with Crippen LogP contribution in [0, 0.1) is 41.4 Å². The van der Waals surface area contributed by atoms with Crippen LogP contribution in [-0.4, -0.2) is 73.7 Å². The minimum atomic E-state index is -1.58. The third-order valence-electron chi connectivity index (χ3n) is 16.9. The van der Waals surface area contributed by atoms with Gasteiger partial charge < -0.3 is 40.3 Å². The number of anilines is 1. The molecule has 6 N–H and O–H groups in total. The molecule has 0 saturated heterocycles. The number of hydrogen-bond donors (Lipinski definition) is 6. The molecule has 3 aromatic carbocycles. The van der Waals surface area contributed by atoms with Gasteiger partial charge in [0.2, 0.25) is 0 Å². The Hall–Kier alpha value is -4.99. The standard InChI is InChI=1S/C55H63NO10/c1-31(58)29-56-41-19-33(30-57)17-37(22-41)34-11-12-35-27-52(62)65-49-28-48(60)38(24-42(35)49)26-51-55(64)45-10-3-2-8-36(45)23-43-44(47(59)14-13-46(43)55)20-32-7-6-9-40(18-32)54(15-4-5-16-54)50(61)25-39(21-34)53(63)66-51/h6-7,9,17-19,22,24-25,28,31,34-36,43-46,50-51,56-58,60-61,64H,2-5,8,10,13-16,20-21,23,26-27,29-30H2,1H3/b39-25-/t31-,34+,35-,36+,43+,44-,45-,46+,50-,51+,55-/m0/s1. The first-order valence-corrected chi connectivity index (χ1v) is 24.5. The van der Waals surface area contributed by atoms with Crippen molar-refractivity contribution in [2.45, 2.75) is 151 Å². The molecule has 10 bridgehead atoms. The molecule has 3 aliphatic heterocycles. The molecule has 11 atom stereocenters. The molecule has 4 fully saturated rings. The third-order valence-corrected chi connectivity index (χ3v) is 16.9. The van der Waals surface area contributed by atoms with E-state index in [4.69, 9.17) is 9.47 Å². The van der Waals surface area contributed by atoms with Crippen molar-refractivity contribution in [3.05, 3.63) is 99.6 Å². The lowest BCUT2D eigenvalue weighted by Gasteiger charge is -2.59. The minimum absolute atomic E-state index is 0.0174. The van der Waals surface area contributed by atoms with Crippen LogP contribution in [0.2, 0.25) is 0 Å². The van der Waals surface area contributed by atoms with Crippen LogP contribution in [0.25, 0.3) is 0 Å². The second kappa shape index (κ2) is 17.9. The van der Waals surface area contributed by atoms with Gasteiger partial charge in [-0.15, -0.1) is 0 Å². The maximum atomic E-state index is 15.6. The number of Topliss-reactive ketones (excluding diaryl/α,β-unsaturated/α-hetero) is 1. The van der Waals surface area contributed by atoms with Crippen molar-refractivity contribution in [2.75, 3.05) is 11.9 Å². The van der Waals surface area contributed by atoms with Crippen LogP contribution in [0.5, 0.6) is 11.5 Å².